The maximum atomic E-state index is 13.3. The summed E-state index contributed by atoms with van der Waals surface area (Å²) in [5, 5.41) is 9.64. The van der Waals surface area contributed by atoms with Crippen LogP contribution in [0.1, 0.15) is 78.1 Å². The highest BCUT2D eigenvalue weighted by Gasteiger charge is 2.48. The third kappa shape index (κ3) is 2.87. The SMILES string of the molecule is CCc1c(C(=O)N2C(C(=O)O)CC3CCCCC32)[nH]c(C)c1C(C)=O. The van der Waals surface area contributed by atoms with Crippen LogP contribution in [-0.2, 0) is 11.2 Å². The monoisotopic (exact) mass is 346 g/mol. The maximum Gasteiger partial charge on any atom is 0.326 e. The van der Waals surface area contributed by atoms with Crippen molar-refractivity contribution in [2.75, 3.05) is 0 Å². The van der Waals surface area contributed by atoms with Crippen molar-refractivity contribution < 1.29 is 19.5 Å². The zero-order chi connectivity index (χ0) is 18.3. The highest BCUT2D eigenvalue weighted by molar-refractivity contribution is 6.03. The van der Waals surface area contributed by atoms with Gasteiger partial charge in [-0.2, -0.15) is 0 Å². The number of aryl methyl sites for hydroxylation is 1. The number of carboxylic acid groups (broad SMARTS) is 1. The molecular weight excluding hydrogens is 320 g/mol. The van der Waals surface area contributed by atoms with Crippen molar-refractivity contribution in [1.29, 1.82) is 0 Å². The normalized spacial score (nSPS) is 25.7. The Morgan fingerprint density at radius 2 is 1.92 bits per heavy atom. The Bertz CT molecular complexity index is 721. The highest BCUT2D eigenvalue weighted by atomic mass is 16.4. The van der Waals surface area contributed by atoms with E-state index in [1.54, 1.807) is 11.8 Å². The molecule has 1 aromatic rings. The molecule has 2 aliphatic rings. The van der Waals surface area contributed by atoms with E-state index in [9.17, 15) is 19.5 Å². The summed E-state index contributed by atoms with van der Waals surface area (Å²) >= 11 is 0. The lowest BCUT2D eigenvalue weighted by molar-refractivity contribution is -0.141. The largest absolute Gasteiger partial charge is 0.480 e. The van der Waals surface area contributed by atoms with Gasteiger partial charge in [0, 0.05) is 17.3 Å². The molecule has 136 valence electrons. The summed E-state index contributed by atoms with van der Waals surface area (Å²) in [5.74, 6) is -1.01. The lowest BCUT2D eigenvalue weighted by Crippen LogP contribution is -2.46. The number of H-pyrrole nitrogens is 1. The molecule has 0 aromatic carbocycles. The fraction of sp³-hybridized carbons (Fsp3) is 0.632. The quantitative estimate of drug-likeness (QED) is 0.820. The molecule has 25 heavy (non-hydrogen) atoms. The molecular formula is C19H26N2O4. The second kappa shape index (κ2) is 6.65. The van der Waals surface area contributed by atoms with Crippen molar-refractivity contribution in [1.82, 2.24) is 9.88 Å². The number of hydrogen-bond acceptors (Lipinski definition) is 3. The number of ketones is 1. The molecule has 1 amide bonds. The van der Waals surface area contributed by atoms with Crippen LogP contribution in [0, 0.1) is 12.8 Å². The van der Waals surface area contributed by atoms with Crippen LogP contribution in [-0.4, -0.2) is 44.7 Å². The minimum atomic E-state index is -0.934. The molecule has 1 saturated heterocycles. The van der Waals surface area contributed by atoms with Crippen molar-refractivity contribution >= 4 is 17.7 Å². The van der Waals surface area contributed by atoms with Crippen molar-refractivity contribution in [3.63, 3.8) is 0 Å². The number of carbonyl (C=O) groups is 3. The van der Waals surface area contributed by atoms with E-state index in [2.05, 4.69) is 4.98 Å². The van der Waals surface area contributed by atoms with Crippen LogP contribution >= 0.6 is 0 Å². The molecule has 1 aromatic heterocycles. The van der Waals surface area contributed by atoms with E-state index >= 15 is 0 Å². The summed E-state index contributed by atoms with van der Waals surface area (Å²) in [6, 6.07) is -0.772. The van der Waals surface area contributed by atoms with E-state index in [1.165, 1.54) is 6.92 Å². The Hall–Kier alpha value is -2.11. The van der Waals surface area contributed by atoms with Gasteiger partial charge in [0.2, 0.25) is 0 Å². The van der Waals surface area contributed by atoms with Crippen LogP contribution in [0.25, 0.3) is 0 Å². The first-order valence-electron chi connectivity index (χ1n) is 9.14. The second-order valence-electron chi connectivity index (χ2n) is 7.30. The molecule has 1 aliphatic heterocycles. The molecule has 3 rings (SSSR count). The molecule has 3 unspecified atom stereocenters. The number of amides is 1. The number of carbonyl (C=O) groups excluding carboxylic acids is 2. The van der Waals surface area contributed by atoms with Gasteiger partial charge in [0.1, 0.15) is 11.7 Å². The number of fused-ring (bicyclic) bond motifs is 1. The van der Waals surface area contributed by atoms with Crippen LogP contribution in [0.4, 0.5) is 0 Å². The van der Waals surface area contributed by atoms with Gasteiger partial charge >= 0.3 is 5.97 Å². The lowest BCUT2D eigenvalue weighted by Gasteiger charge is -2.33. The summed E-state index contributed by atoms with van der Waals surface area (Å²) in [6.07, 6.45) is 5.07. The number of nitrogens with one attached hydrogen (secondary N) is 1. The van der Waals surface area contributed by atoms with Crippen LogP contribution in [0.2, 0.25) is 0 Å². The standard InChI is InChI=1S/C19H26N2O4/c1-4-13-16(11(3)22)10(2)20-17(13)18(23)21-14-8-6-5-7-12(14)9-15(21)19(24)25/h12,14-15,20H,4-9H2,1-3H3,(H,24,25). The third-order valence-corrected chi connectivity index (χ3v) is 5.82. The number of carboxylic acids is 1. The summed E-state index contributed by atoms with van der Waals surface area (Å²) in [5.41, 5.74) is 2.34. The van der Waals surface area contributed by atoms with Gasteiger partial charge in [0.05, 0.1) is 0 Å². The molecule has 0 spiro atoms. The number of aliphatic carboxylic acids is 1. The topological polar surface area (TPSA) is 90.5 Å². The first-order valence-corrected chi connectivity index (χ1v) is 9.14. The summed E-state index contributed by atoms with van der Waals surface area (Å²) in [7, 11) is 0. The number of nitrogens with zero attached hydrogens (tertiary/aromatic N) is 1. The zero-order valence-electron chi connectivity index (χ0n) is 15.1. The Balaban J connectivity index is 2.02. The smallest absolute Gasteiger partial charge is 0.326 e. The molecule has 1 saturated carbocycles. The van der Waals surface area contributed by atoms with Gasteiger partial charge in [-0.3, -0.25) is 9.59 Å². The van der Waals surface area contributed by atoms with E-state index < -0.39 is 12.0 Å². The van der Waals surface area contributed by atoms with Crippen LogP contribution in [0.5, 0.6) is 0 Å². The molecule has 2 fully saturated rings. The van der Waals surface area contributed by atoms with Gasteiger partial charge in [-0.15, -0.1) is 0 Å². The Morgan fingerprint density at radius 1 is 1.24 bits per heavy atom. The fourth-order valence-electron chi connectivity index (χ4n) is 4.79. The highest BCUT2D eigenvalue weighted by Crippen LogP contribution is 2.41. The zero-order valence-corrected chi connectivity index (χ0v) is 15.1. The average Bonchev–Trinajstić information content (AvgIpc) is 3.11. The molecule has 6 nitrogen and oxygen atoms in total. The minimum absolute atomic E-state index is 0.00330. The maximum absolute atomic E-state index is 13.3. The van der Waals surface area contributed by atoms with Crippen LogP contribution in [0.15, 0.2) is 0 Å². The molecule has 3 atom stereocenters. The average molecular weight is 346 g/mol. The van der Waals surface area contributed by atoms with Gasteiger partial charge in [0.15, 0.2) is 5.78 Å². The summed E-state index contributed by atoms with van der Waals surface area (Å²) in [4.78, 5) is 41.7. The molecule has 1 aliphatic carbocycles. The number of aromatic amines is 1. The number of hydrogen-bond donors (Lipinski definition) is 2. The van der Waals surface area contributed by atoms with E-state index in [-0.39, 0.29) is 23.7 Å². The number of Topliss-reactive ketones (excluding diaryl/α,β-unsaturated/α-hetero) is 1. The van der Waals surface area contributed by atoms with Crippen molar-refractivity contribution in [2.45, 2.75) is 71.4 Å². The van der Waals surface area contributed by atoms with Crippen molar-refractivity contribution in [3.05, 3.63) is 22.5 Å². The Kier molecular flexibility index (Phi) is 4.71. The van der Waals surface area contributed by atoms with Gasteiger partial charge in [-0.1, -0.05) is 19.8 Å². The van der Waals surface area contributed by atoms with Crippen LogP contribution in [0.3, 0.4) is 0 Å². The first kappa shape index (κ1) is 17.7. The fourth-order valence-corrected chi connectivity index (χ4v) is 4.79. The molecule has 2 heterocycles. The Morgan fingerprint density at radius 3 is 2.52 bits per heavy atom. The summed E-state index contributed by atoms with van der Waals surface area (Å²) < 4.78 is 0. The van der Waals surface area contributed by atoms with E-state index in [4.69, 9.17) is 0 Å². The molecule has 2 N–H and O–H groups in total. The van der Waals surface area contributed by atoms with Crippen LogP contribution < -0.4 is 0 Å². The van der Waals surface area contributed by atoms with Crippen molar-refractivity contribution in [3.8, 4) is 0 Å². The number of aromatic nitrogens is 1. The third-order valence-electron chi connectivity index (χ3n) is 5.82. The van der Waals surface area contributed by atoms with E-state index in [0.29, 0.717) is 35.4 Å². The van der Waals surface area contributed by atoms with Crippen molar-refractivity contribution in [2.24, 2.45) is 5.92 Å². The molecule has 6 heteroatoms. The lowest BCUT2D eigenvalue weighted by atomic mass is 9.84. The van der Waals surface area contributed by atoms with Gasteiger partial charge < -0.3 is 15.0 Å². The van der Waals surface area contributed by atoms with Gasteiger partial charge in [-0.25, -0.2) is 4.79 Å². The first-order chi connectivity index (χ1) is 11.9. The minimum Gasteiger partial charge on any atom is -0.480 e. The predicted molar refractivity (Wildman–Crippen MR) is 92.9 cm³/mol. The second-order valence-corrected chi connectivity index (χ2v) is 7.30. The van der Waals surface area contributed by atoms with E-state index in [0.717, 1.165) is 25.7 Å². The Labute approximate surface area is 147 Å². The van der Waals surface area contributed by atoms with Gasteiger partial charge in [0.25, 0.3) is 5.91 Å². The molecule has 0 bridgehead atoms. The number of likely N-dealkylation sites (tertiary alicyclic amines) is 1. The summed E-state index contributed by atoms with van der Waals surface area (Å²) in [6.45, 7) is 5.19. The number of rotatable bonds is 4. The van der Waals surface area contributed by atoms with Gasteiger partial charge in [-0.05, 0) is 51.0 Å². The molecule has 0 radical (unpaired) electrons. The predicted octanol–water partition coefficient (Wildman–Crippen LogP) is 2.95. The van der Waals surface area contributed by atoms with E-state index in [1.807, 2.05) is 6.92 Å².